The molecule has 5 nitrogen and oxygen atoms in total. The number of anilines is 1. The zero-order chi connectivity index (χ0) is 15.5. The molecular formula is C17H26N4O. The summed E-state index contributed by atoms with van der Waals surface area (Å²) >= 11 is 0. The molecule has 0 atom stereocenters. The van der Waals surface area contributed by atoms with Gasteiger partial charge in [-0.3, -0.25) is 4.79 Å². The molecule has 0 aromatic carbocycles. The SMILES string of the molecule is Cc1nccc(N2CCC(CN(C)C(=O)C3CCC3)CC2)n1. The molecule has 1 aliphatic carbocycles. The summed E-state index contributed by atoms with van der Waals surface area (Å²) in [5.74, 6) is 3.15. The first-order valence-electron chi connectivity index (χ1n) is 8.43. The quantitative estimate of drug-likeness (QED) is 0.856. The third-order valence-corrected chi connectivity index (χ3v) is 5.06. The fourth-order valence-corrected chi connectivity index (χ4v) is 3.41. The number of rotatable bonds is 4. The first-order chi connectivity index (χ1) is 10.6. The molecule has 1 aliphatic heterocycles. The summed E-state index contributed by atoms with van der Waals surface area (Å²) in [6.45, 7) is 4.88. The highest BCUT2D eigenvalue weighted by molar-refractivity contribution is 5.79. The zero-order valence-corrected chi connectivity index (χ0v) is 13.7. The molecule has 1 aromatic heterocycles. The molecule has 2 heterocycles. The van der Waals surface area contributed by atoms with E-state index in [0.29, 0.717) is 17.7 Å². The van der Waals surface area contributed by atoms with Crippen molar-refractivity contribution in [3.8, 4) is 0 Å². The lowest BCUT2D eigenvalue weighted by Crippen LogP contribution is -2.42. The second kappa shape index (κ2) is 6.63. The van der Waals surface area contributed by atoms with Crippen molar-refractivity contribution in [2.45, 2.75) is 39.0 Å². The predicted molar refractivity (Wildman–Crippen MR) is 86.7 cm³/mol. The standard InChI is InChI=1S/C17H26N4O/c1-13-18-9-6-16(19-13)21-10-7-14(8-11-21)12-20(2)17(22)15-4-3-5-15/h6,9,14-15H,3-5,7-8,10-12H2,1-2H3. The summed E-state index contributed by atoms with van der Waals surface area (Å²) in [5, 5.41) is 0. The maximum absolute atomic E-state index is 12.2. The molecular weight excluding hydrogens is 276 g/mol. The molecule has 0 bridgehead atoms. The van der Waals surface area contributed by atoms with Crippen molar-refractivity contribution < 1.29 is 4.79 Å². The van der Waals surface area contributed by atoms with E-state index >= 15 is 0 Å². The van der Waals surface area contributed by atoms with Crippen molar-refractivity contribution in [1.82, 2.24) is 14.9 Å². The van der Waals surface area contributed by atoms with Gasteiger partial charge in [0.05, 0.1) is 0 Å². The summed E-state index contributed by atoms with van der Waals surface area (Å²) in [7, 11) is 1.97. The van der Waals surface area contributed by atoms with E-state index in [2.05, 4.69) is 14.9 Å². The Balaban J connectivity index is 1.48. The van der Waals surface area contributed by atoms with Crippen molar-refractivity contribution in [3.05, 3.63) is 18.1 Å². The minimum Gasteiger partial charge on any atom is -0.356 e. The summed E-state index contributed by atoms with van der Waals surface area (Å²) in [6, 6.07) is 1.99. The Morgan fingerprint density at radius 2 is 2.05 bits per heavy atom. The Hall–Kier alpha value is -1.65. The van der Waals surface area contributed by atoms with E-state index in [9.17, 15) is 4.79 Å². The van der Waals surface area contributed by atoms with E-state index in [0.717, 1.165) is 57.0 Å². The summed E-state index contributed by atoms with van der Waals surface area (Å²) < 4.78 is 0. The van der Waals surface area contributed by atoms with Gasteiger partial charge in [0.1, 0.15) is 11.6 Å². The Bertz CT molecular complexity index is 521. The minimum absolute atomic E-state index is 0.314. The lowest BCUT2D eigenvalue weighted by atomic mass is 9.84. The third-order valence-electron chi connectivity index (χ3n) is 5.06. The first-order valence-corrected chi connectivity index (χ1v) is 8.43. The number of carbonyl (C=O) groups is 1. The first kappa shape index (κ1) is 15.3. The van der Waals surface area contributed by atoms with Gasteiger partial charge in [-0.25, -0.2) is 9.97 Å². The predicted octanol–water partition coefficient (Wildman–Crippen LogP) is 2.26. The molecule has 1 amide bonds. The Kier molecular flexibility index (Phi) is 4.60. The summed E-state index contributed by atoms with van der Waals surface area (Å²) in [4.78, 5) is 25.2. The van der Waals surface area contributed by atoms with Gasteiger partial charge < -0.3 is 9.80 Å². The van der Waals surface area contributed by atoms with Crippen molar-refractivity contribution in [2.75, 3.05) is 31.6 Å². The monoisotopic (exact) mass is 302 g/mol. The Morgan fingerprint density at radius 3 is 2.64 bits per heavy atom. The average Bonchev–Trinajstić information content (AvgIpc) is 2.46. The van der Waals surface area contributed by atoms with E-state index in [1.165, 1.54) is 6.42 Å². The van der Waals surface area contributed by atoms with Crippen LogP contribution in [-0.4, -0.2) is 47.5 Å². The number of nitrogens with zero attached hydrogens (tertiary/aromatic N) is 4. The molecule has 5 heteroatoms. The highest BCUT2D eigenvalue weighted by atomic mass is 16.2. The molecule has 2 fully saturated rings. The second-order valence-corrected chi connectivity index (χ2v) is 6.74. The Labute approximate surface area is 132 Å². The lowest BCUT2D eigenvalue weighted by Gasteiger charge is -2.36. The third kappa shape index (κ3) is 3.39. The van der Waals surface area contributed by atoms with Gasteiger partial charge in [0.15, 0.2) is 0 Å². The van der Waals surface area contributed by atoms with Crippen LogP contribution in [0, 0.1) is 18.8 Å². The van der Waals surface area contributed by atoms with Crippen LogP contribution in [0.1, 0.15) is 37.9 Å². The second-order valence-electron chi connectivity index (χ2n) is 6.74. The van der Waals surface area contributed by atoms with Crippen LogP contribution in [0.2, 0.25) is 0 Å². The fourth-order valence-electron chi connectivity index (χ4n) is 3.41. The van der Waals surface area contributed by atoms with E-state index < -0.39 is 0 Å². The van der Waals surface area contributed by atoms with Gasteiger partial charge in [-0.05, 0) is 44.6 Å². The highest BCUT2D eigenvalue weighted by Crippen LogP contribution is 2.29. The molecule has 1 saturated heterocycles. The van der Waals surface area contributed by atoms with Crippen molar-refractivity contribution in [3.63, 3.8) is 0 Å². The van der Waals surface area contributed by atoms with Crippen molar-refractivity contribution >= 4 is 11.7 Å². The number of hydrogen-bond acceptors (Lipinski definition) is 4. The van der Waals surface area contributed by atoms with Gasteiger partial charge in [-0.15, -0.1) is 0 Å². The topological polar surface area (TPSA) is 49.3 Å². The van der Waals surface area contributed by atoms with Crippen LogP contribution in [0.15, 0.2) is 12.3 Å². The molecule has 0 radical (unpaired) electrons. The van der Waals surface area contributed by atoms with Gasteiger partial charge in [0.2, 0.25) is 5.91 Å². The molecule has 22 heavy (non-hydrogen) atoms. The molecule has 0 spiro atoms. The highest BCUT2D eigenvalue weighted by Gasteiger charge is 2.29. The molecule has 0 N–H and O–H groups in total. The van der Waals surface area contributed by atoms with Gasteiger partial charge in [0.25, 0.3) is 0 Å². The minimum atomic E-state index is 0.314. The van der Waals surface area contributed by atoms with Crippen LogP contribution in [0.5, 0.6) is 0 Å². The largest absolute Gasteiger partial charge is 0.356 e. The van der Waals surface area contributed by atoms with E-state index in [1.807, 2.05) is 31.1 Å². The van der Waals surface area contributed by atoms with Crippen LogP contribution < -0.4 is 4.90 Å². The number of piperidine rings is 1. The number of aryl methyl sites for hydroxylation is 1. The molecule has 1 saturated carbocycles. The molecule has 3 rings (SSSR count). The van der Waals surface area contributed by atoms with Gasteiger partial charge in [0, 0.05) is 38.8 Å². The van der Waals surface area contributed by atoms with Gasteiger partial charge >= 0.3 is 0 Å². The number of aromatic nitrogens is 2. The average molecular weight is 302 g/mol. The smallest absolute Gasteiger partial charge is 0.225 e. The van der Waals surface area contributed by atoms with Gasteiger partial charge in [-0.1, -0.05) is 6.42 Å². The number of carbonyl (C=O) groups excluding carboxylic acids is 1. The maximum atomic E-state index is 12.2. The molecule has 2 aliphatic rings. The molecule has 120 valence electrons. The van der Waals surface area contributed by atoms with Crippen molar-refractivity contribution in [1.29, 1.82) is 0 Å². The van der Waals surface area contributed by atoms with Crippen LogP contribution in [0.4, 0.5) is 5.82 Å². The summed E-state index contributed by atoms with van der Waals surface area (Å²) in [6.07, 6.45) is 7.50. The van der Waals surface area contributed by atoms with Crippen LogP contribution in [0.3, 0.4) is 0 Å². The summed E-state index contributed by atoms with van der Waals surface area (Å²) in [5.41, 5.74) is 0. The zero-order valence-electron chi connectivity index (χ0n) is 13.7. The number of hydrogen-bond donors (Lipinski definition) is 0. The maximum Gasteiger partial charge on any atom is 0.225 e. The lowest BCUT2D eigenvalue weighted by molar-refractivity contribution is -0.137. The fraction of sp³-hybridized carbons (Fsp3) is 0.706. The van der Waals surface area contributed by atoms with Crippen LogP contribution in [-0.2, 0) is 4.79 Å². The number of amides is 1. The van der Waals surface area contributed by atoms with Crippen molar-refractivity contribution in [2.24, 2.45) is 11.8 Å². The normalized spacial score (nSPS) is 19.8. The van der Waals surface area contributed by atoms with Crippen LogP contribution in [0.25, 0.3) is 0 Å². The van der Waals surface area contributed by atoms with Gasteiger partial charge in [-0.2, -0.15) is 0 Å². The van der Waals surface area contributed by atoms with E-state index in [4.69, 9.17) is 0 Å². The van der Waals surface area contributed by atoms with E-state index in [-0.39, 0.29) is 0 Å². The molecule has 1 aromatic rings. The van der Waals surface area contributed by atoms with Crippen LogP contribution >= 0.6 is 0 Å². The Morgan fingerprint density at radius 1 is 1.32 bits per heavy atom. The van der Waals surface area contributed by atoms with E-state index in [1.54, 1.807) is 0 Å². The molecule has 0 unspecified atom stereocenters.